The molecule has 3 N–H and O–H groups in total. The van der Waals surface area contributed by atoms with Crippen molar-refractivity contribution in [2.24, 2.45) is 5.73 Å². The number of hydrogen-bond acceptors (Lipinski definition) is 3. The Morgan fingerprint density at radius 2 is 2.33 bits per heavy atom. The number of carbonyl (C=O) groups is 2. The van der Waals surface area contributed by atoms with Gasteiger partial charge in [-0.3, -0.25) is 9.59 Å². The summed E-state index contributed by atoms with van der Waals surface area (Å²) in [4.78, 5) is 23.7. The summed E-state index contributed by atoms with van der Waals surface area (Å²) < 4.78 is 0. The van der Waals surface area contributed by atoms with Gasteiger partial charge >= 0.3 is 0 Å². The molecule has 5 nitrogen and oxygen atoms in total. The highest BCUT2D eigenvalue weighted by Crippen LogP contribution is 2.08. The molecule has 1 heterocycles. The molecule has 0 aromatic heterocycles. The standard InChI is InChI=1S/C10H19N3O2/c1-13-7-5-8(10(13)15)12-6-3-2-4-9(11)14/h8,12H,2-7H2,1H3,(H2,11,14). The van der Waals surface area contributed by atoms with Gasteiger partial charge in [-0.1, -0.05) is 0 Å². The molecule has 86 valence electrons. The molecule has 1 atom stereocenters. The maximum absolute atomic E-state index is 11.5. The minimum absolute atomic E-state index is 0.0245. The molecule has 1 aliphatic heterocycles. The van der Waals surface area contributed by atoms with Crippen molar-refractivity contribution < 1.29 is 9.59 Å². The number of rotatable bonds is 6. The third-order valence-electron chi connectivity index (χ3n) is 2.67. The van der Waals surface area contributed by atoms with Gasteiger partial charge in [-0.15, -0.1) is 0 Å². The molecule has 15 heavy (non-hydrogen) atoms. The summed E-state index contributed by atoms with van der Waals surface area (Å²) in [7, 11) is 1.82. The van der Waals surface area contributed by atoms with Gasteiger partial charge in [-0.05, 0) is 25.8 Å². The number of amides is 2. The van der Waals surface area contributed by atoms with Crippen LogP contribution in [0.3, 0.4) is 0 Å². The van der Waals surface area contributed by atoms with Crippen LogP contribution in [0.25, 0.3) is 0 Å². The van der Waals surface area contributed by atoms with E-state index in [-0.39, 0.29) is 17.9 Å². The third-order valence-corrected chi connectivity index (χ3v) is 2.67. The van der Waals surface area contributed by atoms with Crippen LogP contribution in [-0.2, 0) is 9.59 Å². The Morgan fingerprint density at radius 3 is 2.87 bits per heavy atom. The molecule has 2 amide bonds. The number of nitrogens with two attached hydrogens (primary N) is 1. The topological polar surface area (TPSA) is 75.4 Å². The summed E-state index contributed by atoms with van der Waals surface area (Å²) >= 11 is 0. The van der Waals surface area contributed by atoms with Gasteiger partial charge in [0.15, 0.2) is 0 Å². The molecule has 0 aliphatic carbocycles. The fraction of sp³-hybridized carbons (Fsp3) is 0.800. The zero-order valence-corrected chi connectivity index (χ0v) is 9.16. The molecule has 1 unspecified atom stereocenters. The van der Waals surface area contributed by atoms with Crippen molar-refractivity contribution in [3.8, 4) is 0 Å². The van der Waals surface area contributed by atoms with E-state index >= 15 is 0 Å². The average Bonchev–Trinajstić information content (AvgIpc) is 2.48. The minimum Gasteiger partial charge on any atom is -0.370 e. The monoisotopic (exact) mass is 213 g/mol. The van der Waals surface area contributed by atoms with E-state index in [1.165, 1.54) is 0 Å². The van der Waals surface area contributed by atoms with Crippen molar-refractivity contribution in [3.63, 3.8) is 0 Å². The molecule has 1 saturated heterocycles. The highest BCUT2D eigenvalue weighted by Gasteiger charge is 2.27. The van der Waals surface area contributed by atoms with Crippen LogP contribution in [0.5, 0.6) is 0 Å². The van der Waals surface area contributed by atoms with E-state index in [0.717, 1.165) is 32.4 Å². The number of primary amides is 1. The number of nitrogens with zero attached hydrogens (tertiary/aromatic N) is 1. The van der Waals surface area contributed by atoms with Crippen molar-refractivity contribution in [1.29, 1.82) is 0 Å². The van der Waals surface area contributed by atoms with Crippen molar-refractivity contribution in [1.82, 2.24) is 10.2 Å². The largest absolute Gasteiger partial charge is 0.370 e. The first-order valence-corrected chi connectivity index (χ1v) is 5.38. The first-order valence-electron chi connectivity index (χ1n) is 5.38. The second kappa shape index (κ2) is 5.70. The summed E-state index contributed by atoms with van der Waals surface area (Å²) in [5, 5.41) is 3.19. The van der Waals surface area contributed by atoms with Crippen molar-refractivity contribution in [3.05, 3.63) is 0 Å². The highest BCUT2D eigenvalue weighted by molar-refractivity contribution is 5.83. The van der Waals surface area contributed by atoms with Crippen LogP contribution in [0.1, 0.15) is 25.7 Å². The molecule has 0 aromatic rings. The van der Waals surface area contributed by atoms with Crippen molar-refractivity contribution in [2.45, 2.75) is 31.7 Å². The van der Waals surface area contributed by atoms with Gasteiger partial charge in [-0.2, -0.15) is 0 Å². The Bertz CT molecular complexity index is 243. The Balaban J connectivity index is 2.06. The summed E-state index contributed by atoms with van der Waals surface area (Å²) in [5.74, 6) is -0.0865. The minimum atomic E-state index is -0.258. The smallest absolute Gasteiger partial charge is 0.239 e. The Morgan fingerprint density at radius 1 is 1.60 bits per heavy atom. The number of hydrogen-bond donors (Lipinski definition) is 2. The number of carbonyl (C=O) groups excluding carboxylic acids is 2. The fourth-order valence-corrected chi connectivity index (χ4v) is 1.71. The molecule has 5 heteroatoms. The highest BCUT2D eigenvalue weighted by atomic mass is 16.2. The Hall–Kier alpha value is -1.10. The first-order chi connectivity index (χ1) is 7.11. The lowest BCUT2D eigenvalue weighted by atomic mass is 10.2. The van der Waals surface area contributed by atoms with Gasteiger partial charge < -0.3 is 16.0 Å². The first kappa shape index (κ1) is 12.0. The van der Waals surface area contributed by atoms with Crippen LogP contribution in [0.2, 0.25) is 0 Å². The van der Waals surface area contributed by atoms with Gasteiger partial charge in [0.25, 0.3) is 0 Å². The molecule has 0 radical (unpaired) electrons. The number of likely N-dealkylation sites (N-methyl/N-ethyl adjacent to an activating group) is 1. The lowest BCUT2D eigenvalue weighted by Crippen LogP contribution is -2.37. The average molecular weight is 213 g/mol. The van der Waals surface area contributed by atoms with E-state index in [1.54, 1.807) is 4.90 Å². The zero-order valence-electron chi connectivity index (χ0n) is 9.16. The quantitative estimate of drug-likeness (QED) is 0.582. The second-order valence-electron chi connectivity index (χ2n) is 3.98. The van der Waals surface area contributed by atoms with E-state index in [0.29, 0.717) is 6.42 Å². The van der Waals surface area contributed by atoms with Gasteiger partial charge in [-0.25, -0.2) is 0 Å². The predicted octanol–water partition coefficient (Wildman–Crippen LogP) is -0.538. The fourth-order valence-electron chi connectivity index (χ4n) is 1.71. The number of nitrogens with one attached hydrogen (secondary N) is 1. The van der Waals surface area contributed by atoms with Crippen LogP contribution in [0.4, 0.5) is 0 Å². The summed E-state index contributed by atoms with van der Waals surface area (Å²) in [6.45, 7) is 1.61. The SMILES string of the molecule is CN1CCC(NCCCCC(N)=O)C1=O. The van der Waals surface area contributed by atoms with Crippen LogP contribution < -0.4 is 11.1 Å². The summed E-state index contributed by atoms with van der Waals surface area (Å²) in [5.41, 5.74) is 5.02. The van der Waals surface area contributed by atoms with E-state index in [1.807, 2.05) is 7.05 Å². The van der Waals surface area contributed by atoms with E-state index in [9.17, 15) is 9.59 Å². The van der Waals surface area contributed by atoms with Gasteiger partial charge in [0.05, 0.1) is 6.04 Å². The molecule has 1 fully saturated rings. The second-order valence-corrected chi connectivity index (χ2v) is 3.98. The van der Waals surface area contributed by atoms with Crippen LogP contribution in [0.15, 0.2) is 0 Å². The summed E-state index contributed by atoms with van der Waals surface area (Å²) in [6.07, 6.45) is 2.99. The number of unbranched alkanes of at least 4 members (excludes halogenated alkanes) is 1. The molecule has 0 aromatic carbocycles. The predicted molar refractivity (Wildman–Crippen MR) is 57.1 cm³/mol. The molecular weight excluding hydrogens is 194 g/mol. The maximum Gasteiger partial charge on any atom is 0.239 e. The van der Waals surface area contributed by atoms with Crippen LogP contribution in [-0.4, -0.2) is 42.9 Å². The molecule has 0 saturated carbocycles. The molecular formula is C10H19N3O2. The normalized spacial score (nSPS) is 21.0. The molecule has 0 bridgehead atoms. The van der Waals surface area contributed by atoms with E-state index < -0.39 is 0 Å². The van der Waals surface area contributed by atoms with Gasteiger partial charge in [0.1, 0.15) is 0 Å². The van der Waals surface area contributed by atoms with Crippen molar-refractivity contribution >= 4 is 11.8 Å². The van der Waals surface area contributed by atoms with Gasteiger partial charge in [0, 0.05) is 20.0 Å². The number of likely N-dealkylation sites (tertiary alicyclic amines) is 1. The lowest BCUT2D eigenvalue weighted by Gasteiger charge is -2.11. The maximum atomic E-state index is 11.5. The van der Waals surface area contributed by atoms with E-state index in [4.69, 9.17) is 5.73 Å². The molecule has 1 rings (SSSR count). The Labute approximate surface area is 90.0 Å². The van der Waals surface area contributed by atoms with Crippen LogP contribution in [0, 0.1) is 0 Å². The lowest BCUT2D eigenvalue weighted by molar-refractivity contribution is -0.128. The van der Waals surface area contributed by atoms with E-state index in [2.05, 4.69) is 5.32 Å². The molecule has 0 spiro atoms. The van der Waals surface area contributed by atoms with Crippen LogP contribution >= 0.6 is 0 Å². The zero-order chi connectivity index (χ0) is 11.3. The van der Waals surface area contributed by atoms with Crippen molar-refractivity contribution in [2.75, 3.05) is 20.1 Å². The van der Waals surface area contributed by atoms with Gasteiger partial charge in [0.2, 0.25) is 11.8 Å². The Kier molecular flexibility index (Phi) is 4.55. The third kappa shape index (κ3) is 3.87. The summed E-state index contributed by atoms with van der Waals surface area (Å²) in [6, 6.07) is -0.0245. The molecule has 1 aliphatic rings.